The van der Waals surface area contributed by atoms with Gasteiger partial charge in [0.2, 0.25) is 0 Å². The van der Waals surface area contributed by atoms with Crippen LogP contribution in [-0.2, 0) is 13.1 Å². The van der Waals surface area contributed by atoms with E-state index in [0.29, 0.717) is 0 Å². The number of rotatable bonds is 4. The number of likely N-dealkylation sites (tertiary alicyclic amines) is 1. The Balaban J connectivity index is 0.00000102. The molecule has 0 amide bonds. The van der Waals surface area contributed by atoms with Gasteiger partial charge in [-0.15, -0.1) is 0 Å². The van der Waals surface area contributed by atoms with Crippen LogP contribution in [0.15, 0.2) is 36.4 Å². The fourth-order valence-corrected chi connectivity index (χ4v) is 3.77. The smallest absolute Gasteiger partial charge is 0.124 e. The standard InChI is InChI=1S/C21H24ClN3.CH4O/c1-15-11-19-20(12-16(15)2)25(13-17-5-7-18(22)8-6-17)21(23-19)14-24-9-3-4-10-24;1-2/h5-8,11-12H,3-4,9-10,13-14H2,1-2H3;2H,1H3. The molecule has 1 aliphatic rings. The monoisotopic (exact) mass is 385 g/mol. The Hall–Kier alpha value is -1.88. The molecule has 1 fully saturated rings. The Bertz CT molecular complexity index is 896. The topological polar surface area (TPSA) is 41.3 Å². The maximum absolute atomic E-state index is 7.00. The Labute approximate surface area is 166 Å². The minimum absolute atomic E-state index is 0.781. The number of hydrogen-bond acceptors (Lipinski definition) is 3. The maximum Gasteiger partial charge on any atom is 0.124 e. The molecule has 1 aliphatic heterocycles. The molecule has 3 aromatic rings. The molecule has 0 unspecified atom stereocenters. The van der Waals surface area contributed by atoms with Gasteiger partial charge < -0.3 is 9.67 Å². The lowest BCUT2D eigenvalue weighted by Gasteiger charge is -2.16. The van der Waals surface area contributed by atoms with Crippen LogP contribution in [0.4, 0.5) is 0 Å². The van der Waals surface area contributed by atoms with Crippen molar-refractivity contribution in [2.24, 2.45) is 0 Å². The van der Waals surface area contributed by atoms with Crippen LogP contribution >= 0.6 is 11.6 Å². The molecule has 144 valence electrons. The first-order valence-corrected chi connectivity index (χ1v) is 9.86. The summed E-state index contributed by atoms with van der Waals surface area (Å²) in [6.07, 6.45) is 2.60. The van der Waals surface area contributed by atoms with E-state index in [-0.39, 0.29) is 0 Å². The molecule has 0 aliphatic carbocycles. The first-order valence-electron chi connectivity index (χ1n) is 9.48. The summed E-state index contributed by atoms with van der Waals surface area (Å²) in [5.74, 6) is 1.16. The molecule has 1 aromatic heterocycles. The van der Waals surface area contributed by atoms with Crippen molar-refractivity contribution < 1.29 is 5.11 Å². The number of fused-ring (bicyclic) bond motifs is 1. The van der Waals surface area contributed by atoms with Gasteiger partial charge in [-0.3, -0.25) is 4.90 Å². The van der Waals surface area contributed by atoms with Crippen LogP contribution in [0.5, 0.6) is 0 Å². The third kappa shape index (κ3) is 4.52. The predicted molar refractivity (Wildman–Crippen MR) is 112 cm³/mol. The van der Waals surface area contributed by atoms with E-state index in [0.717, 1.165) is 36.6 Å². The highest BCUT2D eigenvalue weighted by molar-refractivity contribution is 6.30. The van der Waals surface area contributed by atoms with Gasteiger partial charge in [0.1, 0.15) is 5.82 Å². The van der Waals surface area contributed by atoms with E-state index in [1.54, 1.807) is 0 Å². The van der Waals surface area contributed by atoms with E-state index >= 15 is 0 Å². The highest BCUT2D eigenvalue weighted by Gasteiger charge is 2.18. The van der Waals surface area contributed by atoms with Crippen LogP contribution in [-0.4, -0.2) is 39.8 Å². The Morgan fingerprint density at radius 1 is 0.963 bits per heavy atom. The van der Waals surface area contributed by atoms with Crippen LogP contribution in [0.1, 0.15) is 35.4 Å². The molecular weight excluding hydrogens is 358 g/mol. The third-order valence-corrected chi connectivity index (χ3v) is 5.51. The molecule has 0 radical (unpaired) electrons. The summed E-state index contributed by atoms with van der Waals surface area (Å²) in [6, 6.07) is 12.6. The van der Waals surface area contributed by atoms with Crippen molar-refractivity contribution in [1.29, 1.82) is 0 Å². The summed E-state index contributed by atoms with van der Waals surface area (Å²) in [5, 5.41) is 7.78. The average molecular weight is 386 g/mol. The number of hydrogen-bond donors (Lipinski definition) is 1. The molecule has 0 saturated carbocycles. The zero-order chi connectivity index (χ0) is 19.4. The molecule has 0 atom stereocenters. The maximum atomic E-state index is 7.00. The quantitative estimate of drug-likeness (QED) is 0.715. The van der Waals surface area contributed by atoms with Gasteiger partial charge >= 0.3 is 0 Å². The molecule has 2 aromatic carbocycles. The van der Waals surface area contributed by atoms with Gasteiger partial charge in [-0.25, -0.2) is 4.98 Å². The number of nitrogens with zero attached hydrogens (tertiary/aromatic N) is 3. The molecule has 2 heterocycles. The van der Waals surface area contributed by atoms with Crippen molar-refractivity contribution in [3.8, 4) is 0 Å². The van der Waals surface area contributed by atoms with Gasteiger partial charge in [0.25, 0.3) is 0 Å². The van der Waals surface area contributed by atoms with Gasteiger partial charge in [-0.2, -0.15) is 0 Å². The third-order valence-electron chi connectivity index (χ3n) is 5.26. The average Bonchev–Trinajstić information content (AvgIpc) is 3.29. The summed E-state index contributed by atoms with van der Waals surface area (Å²) >= 11 is 6.05. The first-order chi connectivity index (χ1) is 13.1. The van der Waals surface area contributed by atoms with E-state index in [2.05, 4.69) is 47.6 Å². The van der Waals surface area contributed by atoms with E-state index in [9.17, 15) is 0 Å². The number of aliphatic hydroxyl groups is 1. The van der Waals surface area contributed by atoms with Gasteiger partial charge in [-0.05, 0) is 80.7 Å². The number of aromatic nitrogens is 2. The van der Waals surface area contributed by atoms with Crippen molar-refractivity contribution in [3.05, 3.63) is 63.9 Å². The number of halogens is 1. The van der Waals surface area contributed by atoms with Crippen LogP contribution in [0.3, 0.4) is 0 Å². The molecule has 5 heteroatoms. The second-order valence-corrected chi connectivity index (χ2v) is 7.59. The summed E-state index contributed by atoms with van der Waals surface area (Å²) in [4.78, 5) is 7.50. The Kier molecular flexibility index (Phi) is 6.53. The van der Waals surface area contributed by atoms with Crippen LogP contribution < -0.4 is 0 Å². The number of benzene rings is 2. The second-order valence-electron chi connectivity index (χ2n) is 7.15. The molecule has 1 saturated heterocycles. The summed E-state index contributed by atoms with van der Waals surface area (Å²) < 4.78 is 2.38. The second kappa shape index (κ2) is 8.87. The SMILES string of the molecule is CO.Cc1cc2nc(CN3CCCC3)n(Cc3ccc(Cl)cc3)c2cc1C. The first kappa shape index (κ1) is 19.9. The fourth-order valence-electron chi connectivity index (χ4n) is 3.64. The predicted octanol–water partition coefficient (Wildman–Crippen LogP) is 4.56. The molecule has 1 N–H and O–H groups in total. The zero-order valence-electron chi connectivity index (χ0n) is 16.4. The fraction of sp³-hybridized carbons (Fsp3) is 0.409. The van der Waals surface area contributed by atoms with Crippen molar-refractivity contribution >= 4 is 22.6 Å². The van der Waals surface area contributed by atoms with E-state index < -0.39 is 0 Å². The van der Waals surface area contributed by atoms with Crippen LogP contribution in [0, 0.1) is 13.8 Å². The molecule has 4 rings (SSSR count). The molecule has 4 nitrogen and oxygen atoms in total. The normalized spacial score (nSPS) is 14.4. The molecule has 27 heavy (non-hydrogen) atoms. The molecule has 0 spiro atoms. The minimum atomic E-state index is 0.781. The van der Waals surface area contributed by atoms with Crippen molar-refractivity contribution in [3.63, 3.8) is 0 Å². The van der Waals surface area contributed by atoms with Crippen molar-refractivity contribution in [2.45, 2.75) is 39.8 Å². The van der Waals surface area contributed by atoms with Crippen molar-refractivity contribution in [1.82, 2.24) is 14.5 Å². The van der Waals surface area contributed by atoms with Crippen LogP contribution in [0.25, 0.3) is 11.0 Å². The Morgan fingerprint density at radius 3 is 2.26 bits per heavy atom. The molecular formula is C22H28ClN3O. The lowest BCUT2D eigenvalue weighted by Crippen LogP contribution is -2.21. The summed E-state index contributed by atoms with van der Waals surface area (Å²) in [6.45, 7) is 8.46. The Morgan fingerprint density at radius 2 is 1.59 bits per heavy atom. The van der Waals surface area contributed by atoms with Crippen molar-refractivity contribution in [2.75, 3.05) is 20.2 Å². The highest BCUT2D eigenvalue weighted by Crippen LogP contribution is 2.24. The zero-order valence-corrected chi connectivity index (χ0v) is 17.1. The highest BCUT2D eigenvalue weighted by atomic mass is 35.5. The van der Waals surface area contributed by atoms with E-state index in [1.807, 2.05) is 12.1 Å². The lowest BCUT2D eigenvalue weighted by atomic mass is 10.1. The van der Waals surface area contributed by atoms with Gasteiger partial charge in [0.15, 0.2) is 0 Å². The summed E-state index contributed by atoms with van der Waals surface area (Å²) in [7, 11) is 1.00. The van der Waals surface area contributed by atoms with E-state index in [4.69, 9.17) is 21.7 Å². The van der Waals surface area contributed by atoms with Gasteiger partial charge in [-0.1, -0.05) is 23.7 Å². The number of aliphatic hydroxyl groups excluding tert-OH is 1. The van der Waals surface area contributed by atoms with Gasteiger partial charge in [0, 0.05) is 18.7 Å². The molecule has 0 bridgehead atoms. The minimum Gasteiger partial charge on any atom is -0.400 e. The van der Waals surface area contributed by atoms with Crippen LogP contribution in [0.2, 0.25) is 5.02 Å². The lowest BCUT2D eigenvalue weighted by molar-refractivity contribution is 0.318. The van der Waals surface area contributed by atoms with Gasteiger partial charge in [0.05, 0.1) is 17.6 Å². The largest absolute Gasteiger partial charge is 0.400 e. The van der Waals surface area contributed by atoms with E-state index in [1.165, 1.54) is 48.1 Å². The summed E-state index contributed by atoms with van der Waals surface area (Å²) in [5.41, 5.74) is 6.21. The number of aryl methyl sites for hydroxylation is 2. The number of imidazole rings is 1.